The van der Waals surface area contributed by atoms with Crippen molar-refractivity contribution in [3.63, 3.8) is 0 Å². The molecule has 2 aromatic rings. The van der Waals surface area contributed by atoms with E-state index in [-0.39, 0.29) is 12.4 Å². The van der Waals surface area contributed by atoms with Gasteiger partial charge in [-0.25, -0.2) is 9.38 Å². The molecule has 26 heavy (non-hydrogen) atoms. The molecule has 4 rings (SSSR count). The number of nitrogens with zero attached hydrogens (tertiary/aromatic N) is 3. The normalized spacial score (nSPS) is 17.2. The molecule has 0 atom stereocenters. The lowest BCUT2D eigenvalue weighted by Crippen LogP contribution is -2.49. The molecule has 0 amide bonds. The first-order valence-electron chi connectivity index (χ1n) is 9.04. The Labute approximate surface area is 156 Å². The summed E-state index contributed by atoms with van der Waals surface area (Å²) in [5, 5.41) is 13.7. The highest BCUT2D eigenvalue weighted by Gasteiger charge is 2.26. The molecule has 2 aliphatic heterocycles. The molecule has 1 fully saturated rings. The Morgan fingerprint density at radius 3 is 2.77 bits per heavy atom. The zero-order chi connectivity index (χ0) is 18.1. The number of hydrogen-bond acceptors (Lipinski definition) is 6. The van der Waals surface area contributed by atoms with Gasteiger partial charge in [-0.1, -0.05) is 6.92 Å². The van der Waals surface area contributed by atoms with E-state index in [9.17, 15) is 4.39 Å². The average molecular weight is 374 g/mol. The summed E-state index contributed by atoms with van der Waals surface area (Å²) in [5.74, 6) is 0.636. The Balaban J connectivity index is 1.71. The zero-order valence-corrected chi connectivity index (χ0v) is 15.7. The van der Waals surface area contributed by atoms with Crippen molar-refractivity contribution in [2.24, 2.45) is 4.99 Å². The van der Waals surface area contributed by atoms with Crippen molar-refractivity contribution in [3.8, 4) is 0 Å². The van der Waals surface area contributed by atoms with Crippen molar-refractivity contribution >= 4 is 33.5 Å². The number of aliphatic hydroxyl groups is 1. The Morgan fingerprint density at radius 2 is 2.04 bits per heavy atom. The summed E-state index contributed by atoms with van der Waals surface area (Å²) in [4.78, 5) is 10.7. The van der Waals surface area contributed by atoms with Gasteiger partial charge in [-0.05, 0) is 24.6 Å². The van der Waals surface area contributed by atoms with Gasteiger partial charge in [0.2, 0.25) is 0 Å². The number of thiophene rings is 1. The van der Waals surface area contributed by atoms with Crippen LogP contribution in [0.25, 0.3) is 0 Å². The van der Waals surface area contributed by atoms with Crippen LogP contribution in [-0.4, -0.2) is 60.1 Å². The maximum atomic E-state index is 13.8. The Kier molecular flexibility index (Phi) is 4.93. The second-order valence-corrected chi connectivity index (χ2v) is 7.72. The van der Waals surface area contributed by atoms with E-state index in [1.165, 1.54) is 17.0 Å². The lowest BCUT2D eigenvalue weighted by molar-refractivity contribution is 0.147. The van der Waals surface area contributed by atoms with Crippen molar-refractivity contribution in [1.29, 1.82) is 0 Å². The van der Waals surface area contributed by atoms with Crippen LogP contribution in [-0.2, 0) is 6.42 Å². The SMILES string of the molecule is CCc1cc2c(s1)Nc1ccc(F)cc1N=C2N1CCN(CCO)CC1. The summed E-state index contributed by atoms with van der Waals surface area (Å²) in [6.07, 6.45) is 0.979. The van der Waals surface area contributed by atoms with Gasteiger partial charge in [0, 0.05) is 43.7 Å². The first-order chi connectivity index (χ1) is 12.7. The lowest BCUT2D eigenvalue weighted by atomic mass is 10.2. The number of piperazine rings is 1. The van der Waals surface area contributed by atoms with Crippen LogP contribution in [0, 0.1) is 5.82 Å². The number of β-amino-alcohol motifs (C(OH)–C–C–N with tert-alkyl or cyclic N) is 1. The van der Waals surface area contributed by atoms with E-state index in [0.29, 0.717) is 12.2 Å². The van der Waals surface area contributed by atoms with Crippen LogP contribution in [0.1, 0.15) is 17.4 Å². The van der Waals surface area contributed by atoms with Gasteiger partial charge in [0.25, 0.3) is 0 Å². The molecular formula is C19H23FN4OS. The topological polar surface area (TPSA) is 51.1 Å². The number of anilines is 2. The van der Waals surface area contributed by atoms with Crippen LogP contribution < -0.4 is 5.32 Å². The smallest absolute Gasteiger partial charge is 0.139 e. The number of benzene rings is 1. The van der Waals surface area contributed by atoms with Crippen LogP contribution in [0.15, 0.2) is 29.3 Å². The van der Waals surface area contributed by atoms with Crippen molar-refractivity contribution in [2.45, 2.75) is 13.3 Å². The van der Waals surface area contributed by atoms with E-state index in [0.717, 1.165) is 54.7 Å². The molecule has 0 saturated carbocycles. The zero-order valence-electron chi connectivity index (χ0n) is 14.8. The maximum Gasteiger partial charge on any atom is 0.139 e. The number of hydrogen-bond donors (Lipinski definition) is 2. The third-order valence-electron chi connectivity index (χ3n) is 4.89. The second-order valence-electron chi connectivity index (χ2n) is 6.58. The van der Waals surface area contributed by atoms with Gasteiger partial charge in [0.05, 0.1) is 23.5 Å². The molecule has 0 aliphatic carbocycles. The van der Waals surface area contributed by atoms with Crippen LogP contribution >= 0.6 is 11.3 Å². The van der Waals surface area contributed by atoms with Gasteiger partial charge in [-0.2, -0.15) is 0 Å². The van der Waals surface area contributed by atoms with Crippen molar-refractivity contribution in [3.05, 3.63) is 40.5 Å². The molecule has 0 spiro atoms. The summed E-state index contributed by atoms with van der Waals surface area (Å²) in [5.41, 5.74) is 2.57. The van der Waals surface area contributed by atoms with Crippen molar-refractivity contribution < 1.29 is 9.50 Å². The first kappa shape index (κ1) is 17.5. The number of aliphatic hydroxyl groups excluding tert-OH is 1. The minimum Gasteiger partial charge on any atom is -0.395 e. The van der Waals surface area contributed by atoms with Gasteiger partial charge in [-0.15, -0.1) is 11.3 Å². The van der Waals surface area contributed by atoms with Crippen molar-refractivity contribution in [2.75, 3.05) is 44.6 Å². The minimum atomic E-state index is -0.277. The number of aliphatic imine (C=N–C) groups is 1. The van der Waals surface area contributed by atoms with E-state index in [4.69, 9.17) is 10.1 Å². The highest BCUT2D eigenvalue weighted by atomic mass is 32.1. The monoisotopic (exact) mass is 374 g/mol. The molecule has 1 aromatic carbocycles. The fourth-order valence-electron chi connectivity index (χ4n) is 3.44. The second kappa shape index (κ2) is 7.34. The van der Waals surface area contributed by atoms with E-state index in [1.807, 2.05) is 0 Å². The van der Waals surface area contributed by atoms with Crippen LogP contribution in [0.5, 0.6) is 0 Å². The number of fused-ring (bicyclic) bond motifs is 2. The van der Waals surface area contributed by atoms with Gasteiger partial charge in [-0.3, -0.25) is 4.90 Å². The average Bonchev–Trinajstić information content (AvgIpc) is 2.99. The third-order valence-corrected chi connectivity index (χ3v) is 6.09. The van der Waals surface area contributed by atoms with Crippen molar-refractivity contribution in [1.82, 2.24) is 9.80 Å². The highest BCUT2D eigenvalue weighted by molar-refractivity contribution is 7.16. The molecule has 0 radical (unpaired) electrons. The Hall–Kier alpha value is -1.96. The molecule has 2 aliphatic rings. The largest absolute Gasteiger partial charge is 0.395 e. The third kappa shape index (κ3) is 3.34. The molecule has 1 saturated heterocycles. The number of aryl methyl sites for hydroxylation is 1. The molecule has 5 nitrogen and oxygen atoms in total. The van der Waals surface area contributed by atoms with Gasteiger partial charge < -0.3 is 15.3 Å². The standard InChI is InChI=1S/C19H23FN4OS/c1-2-14-12-15-18(24-7-5-23(6-8-24)9-10-25)21-17-11-13(20)3-4-16(17)22-19(15)26-14/h3-4,11-12,22,25H,2,5-10H2,1H3. The number of rotatable bonds is 3. The van der Waals surface area contributed by atoms with E-state index in [2.05, 4.69) is 28.1 Å². The summed E-state index contributed by atoms with van der Waals surface area (Å²) >= 11 is 1.74. The number of halogens is 1. The van der Waals surface area contributed by atoms with E-state index in [1.54, 1.807) is 17.4 Å². The van der Waals surface area contributed by atoms with Crippen LogP contribution in [0.3, 0.4) is 0 Å². The molecule has 0 bridgehead atoms. The summed E-state index contributed by atoms with van der Waals surface area (Å²) in [6, 6.07) is 6.91. The van der Waals surface area contributed by atoms with E-state index >= 15 is 0 Å². The summed E-state index contributed by atoms with van der Waals surface area (Å²) in [6.45, 7) is 6.53. The number of amidine groups is 1. The first-order valence-corrected chi connectivity index (χ1v) is 9.86. The number of nitrogens with one attached hydrogen (secondary N) is 1. The molecule has 2 N–H and O–H groups in total. The van der Waals surface area contributed by atoms with Crippen LogP contribution in [0.4, 0.5) is 20.8 Å². The lowest BCUT2D eigenvalue weighted by Gasteiger charge is -2.36. The maximum absolute atomic E-state index is 13.8. The Bertz CT molecular complexity index is 827. The van der Waals surface area contributed by atoms with Gasteiger partial charge in [0.15, 0.2) is 0 Å². The summed E-state index contributed by atoms with van der Waals surface area (Å²) < 4.78 is 13.8. The minimum absolute atomic E-state index is 0.187. The quantitative estimate of drug-likeness (QED) is 0.866. The molecular weight excluding hydrogens is 351 g/mol. The van der Waals surface area contributed by atoms with E-state index < -0.39 is 0 Å². The van der Waals surface area contributed by atoms with Crippen LogP contribution in [0.2, 0.25) is 0 Å². The molecule has 7 heteroatoms. The van der Waals surface area contributed by atoms with Gasteiger partial charge >= 0.3 is 0 Å². The molecule has 3 heterocycles. The van der Waals surface area contributed by atoms with Gasteiger partial charge in [0.1, 0.15) is 16.7 Å². The highest BCUT2D eigenvalue weighted by Crippen LogP contribution is 2.39. The summed E-state index contributed by atoms with van der Waals surface area (Å²) in [7, 11) is 0. The predicted molar refractivity (Wildman–Crippen MR) is 105 cm³/mol. The fourth-order valence-corrected chi connectivity index (χ4v) is 4.45. The molecule has 0 unspecified atom stereocenters. The molecule has 138 valence electrons. The predicted octanol–water partition coefficient (Wildman–Crippen LogP) is 3.19. The molecule has 1 aromatic heterocycles. The fraction of sp³-hybridized carbons (Fsp3) is 0.421. The Morgan fingerprint density at radius 1 is 1.23 bits per heavy atom.